The fraction of sp³-hybridized carbons (Fsp3) is 0.364. The molecule has 0 aliphatic rings. The Hall–Kier alpha value is -1.77. The zero-order valence-corrected chi connectivity index (χ0v) is 11.3. The Morgan fingerprint density at radius 2 is 1.95 bits per heavy atom. The van der Waals surface area contributed by atoms with Gasteiger partial charge in [0, 0.05) is 0 Å². The third-order valence-electron chi connectivity index (χ3n) is 2.35. The zero-order valence-electron chi connectivity index (χ0n) is 10.5. The lowest BCUT2D eigenvalue weighted by molar-refractivity contribution is -0.137. The van der Waals surface area contributed by atoms with Crippen molar-refractivity contribution in [1.82, 2.24) is 0 Å². The normalized spacial score (nSPS) is 12.2. The number of primary amides is 1. The highest BCUT2D eigenvalue weighted by molar-refractivity contribution is 7.92. The van der Waals surface area contributed by atoms with Crippen molar-refractivity contribution in [3.05, 3.63) is 29.3 Å². The summed E-state index contributed by atoms with van der Waals surface area (Å²) in [6, 6.07) is 2.07. The van der Waals surface area contributed by atoms with E-state index in [2.05, 4.69) is 4.72 Å². The standard InChI is InChI=1S/C11H13F3N2O3S/c1-2-5-20(18,19)16-9-4-3-7(11(12,13)14)6-8(9)10(15)17/h3-4,6,16H,2,5H2,1H3,(H2,15,17). The summed E-state index contributed by atoms with van der Waals surface area (Å²) in [7, 11) is -3.73. The van der Waals surface area contributed by atoms with Crippen LogP contribution in [0.2, 0.25) is 0 Å². The first kappa shape index (κ1) is 16.3. The van der Waals surface area contributed by atoms with Crippen LogP contribution in [0, 0.1) is 0 Å². The second-order valence-corrected chi connectivity index (χ2v) is 5.89. The van der Waals surface area contributed by atoms with Gasteiger partial charge >= 0.3 is 6.18 Å². The highest BCUT2D eigenvalue weighted by Gasteiger charge is 2.31. The van der Waals surface area contributed by atoms with Crippen molar-refractivity contribution in [2.45, 2.75) is 19.5 Å². The van der Waals surface area contributed by atoms with Crippen LogP contribution in [0.3, 0.4) is 0 Å². The van der Waals surface area contributed by atoms with Crippen LogP contribution in [0.1, 0.15) is 29.3 Å². The number of amides is 1. The summed E-state index contributed by atoms with van der Waals surface area (Å²) in [5.41, 5.74) is 3.11. The quantitative estimate of drug-likeness (QED) is 0.871. The van der Waals surface area contributed by atoms with Gasteiger partial charge in [0.2, 0.25) is 10.0 Å². The van der Waals surface area contributed by atoms with Crippen molar-refractivity contribution in [2.24, 2.45) is 5.73 Å². The van der Waals surface area contributed by atoms with Gasteiger partial charge in [0.25, 0.3) is 5.91 Å². The number of carbonyl (C=O) groups is 1. The Balaban J connectivity index is 3.25. The fourth-order valence-electron chi connectivity index (χ4n) is 1.50. The Morgan fingerprint density at radius 1 is 1.35 bits per heavy atom. The lowest BCUT2D eigenvalue weighted by atomic mass is 10.1. The van der Waals surface area contributed by atoms with Gasteiger partial charge in [-0.2, -0.15) is 13.2 Å². The van der Waals surface area contributed by atoms with E-state index in [1.54, 1.807) is 6.92 Å². The molecular weight excluding hydrogens is 297 g/mol. The maximum Gasteiger partial charge on any atom is 0.416 e. The third kappa shape index (κ3) is 4.12. The molecule has 1 aromatic rings. The van der Waals surface area contributed by atoms with Crippen molar-refractivity contribution in [1.29, 1.82) is 0 Å². The molecule has 0 saturated carbocycles. The minimum atomic E-state index is -4.65. The average Bonchev–Trinajstić information content (AvgIpc) is 2.26. The number of hydrogen-bond donors (Lipinski definition) is 2. The minimum Gasteiger partial charge on any atom is -0.366 e. The number of halogens is 3. The number of carbonyl (C=O) groups excluding carboxylic acids is 1. The van der Waals surface area contributed by atoms with Crippen LogP contribution in [-0.2, 0) is 16.2 Å². The third-order valence-corrected chi connectivity index (χ3v) is 3.83. The summed E-state index contributed by atoms with van der Waals surface area (Å²) in [5, 5.41) is 0. The molecule has 0 unspecified atom stereocenters. The molecule has 0 aliphatic carbocycles. The van der Waals surface area contributed by atoms with Crippen molar-refractivity contribution in [3.8, 4) is 0 Å². The van der Waals surface area contributed by atoms with Crippen LogP contribution in [0.15, 0.2) is 18.2 Å². The van der Waals surface area contributed by atoms with Gasteiger partial charge in [0.1, 0.15) is 0 Å². The maximum atomic E-state index is 12.5. The Morgan fingerprint density at radius 3 is 2.40 bits per heavy atom. The van der Waals surface area contributed by atoms with Gasteiger partial charge in [0.15, 0.2) is 0 Å². The van der Waals surface area contributed by atoms with Crippen LogP contribution >= 0.6 is 0 Å². The first-order valence-electron chi connectivity index (χ1n) is 5.58. The number of nitrogens with two attached hydrogens (primary N) is 1. The molecule has 0 fully saturated rings. The minimum absolute atomic E-state index is 0.216. The van der Waals surface area contributed by atoms with E-state index in [1.165, 1.54) is 0 Å². The molecule has 1 aromatic carbocycles. The van der Waals surface area contributed by atoms with E-state index in [4.69, 9.17) is 5.73 Å². The molecule has 0 heterocycles. The first-order chi connectivity index (χ1) is 9.07. The van der Waals surface area contributed by atoms with Crippen LogP contribution in [0.25, 0.3) is 0 Å². The van der Waals surface area contributed by atoms with Crippen molar-refractivity contribution in [3.63, 3.8) is 0 Å². The van der Waals surface area contributed by atoms with Gasteiger partial charge in [-0.3, -0.25) is 9.52 Å². The van der Waals surface area contributed by atoms with E-state index in [-0.39, 0.29) is 11.4 Å². The van der Waals surface area contributed by atoms with E-state index in [0.29, 0.717) is 18.6 Å². The molecule has 0 bridgehead atoms. The fourth-order valence-corrected chi connectivity index (χ4v) is 2.65. The number of hydrogen-bond acceptors (Lipinski definition) is 3. The largest absolute Gasteiger partial charge is 0.416 e. The number of anilines is 1. The molecule has 0 atom stereocenters. The molecule has 3 N–H and O–H groups in total. The monoisotopic (exact) mass is 310 g/mol. The first-order valence-corrected chi connectivity index (χ1v) is 7.23. The number of rotatable bonds is 5. The Bertz CT molecular complexity index is 612. The SMILES string of the molecule is CCCS(=O)(=O)Nc1ccc(C(F)(F)F)cc1C(N)=O. The summed E-state index contributed by atoms with van der Waals surface area (Å²) in [5.74, 6) is -1.36. The van der Waals surface area contributed by atoms with Crippen molar-refractivity contribution < 1.29 is 26.4 Å². The molecule has 0 saturated heterocycles. The predicted molar refractivity (Wildman–Crippen MR) is 67.7 cm³/mol. The summed E-state index contributed by atoms with van der Waals surface area (Å²) < 4.78 is 62.8. The van der Waals surface area contributed by atoms with Crippen LogP contribution in [0.5, 0.6) is 0 Å². The zero-order chi connectivity index (χ0) is 15.6. The lowest BCUT2D eigenvalue weighted by Gasteiger charge is -2.13. The molecule has 9 heteroatoms. The summed E-state index contributed by atoms with van der Waals surface area (Å²) in [6.07, 6.45) is -4.33. The van der Waals surface area contributed by atoms with E-state index in [0.717, 1.165) is 6.07 Å². The average molecular weight is 310 g/mol. The molecule has 112 valence electrons. The summed E-state index contributed by atoms with van der Waals surface area (Å²) >= 11 is 0. The van der Waals surface area contributed by atoms with Crippen LogP contribution < -0.4 is 10.5 Å². The topological polar surface area (TPSA) is 89.3 Å². The van der Waals surface area contributed by atoms with Gasteiger partial charge in [-0.15, -0.1) is 0 Å². The van der Waals surface area contributed by atoms with Gasteiger partial charge in [-0.1, -0.05) is 6.92 Å². The van der Waals surface area contributed by atoms with E-state index in [1.807, 2.05) is 0 Å². The molecule has 0 radical (unpaired) electrons. The molecule has 1 amide bonds. The van der Waals surface area contributed by atoms with Gasteiger partial charge < -0.3 is 5.73 Å². The number of benzene rings is 1. The molecule has 0 spiro atoms. The molecule has 0 aromatic heterocycles. The van der Waals surface area contributed by atoms with Gasteiger partial charge in [0.05, 0.1) is 22.6 Å². The molecular formula is C11H13F3N2O3S. The molecule has 1 rings (SSSR count). The Labute approximate surface area is 114 Å². The van der Waals surface area contributed by atoms with E-state index >= 15 is 0 Å². The van der Waals surface area contributed by atoms with E-state index in [9.17, 15) is 26.4 Å². The maximum absolute atomic E-state index is 12.5. The molecule has 20 heavy (non-hydrogen) atoms. The Kier molecular flexibility index (Phi) is 4.64. The highest BCUT2D eigenvalue weighted by atomic mass is 32.2. The summed E-state index contributed by atoms with van der Waals surface area (Å²) in [6.45, 7) is 1.63. The summed E-state index contributed by atoms with van der Waals surface area (Å²) in [4.78, 5) is 11.2. The predicted octanol–water partition coefficient (Wildman–Crippen LogP) is 1.96. The molecule has 5 nitrogen and oxygen atoms in total. The van der Waals surface area contributed by atoms with Crippen LogP contribution in [0.4, 0.5) is 18.9 Å². The second-order valence-electron chi connectivity index (χ2n) is 4.04. The smallest absolute Gasteiger partial charge is 0.366 e. The van der Waals surface area contributed by atoms with Gasteiger partial charge in [-0.05, 0) is 24.6 Å². The number of nitrogens with one attached hydrogen (secondary N) is 1. The van der Waals surface area contributed by atoms with Crippen molar-refractivity contribution >= 4 is 21.6 Å². The van der Waals surface area contributed by atoms with E-state index < -0.39 is 33.2 Å². The van der Waals surface area contributed by atoms with Gasteiger partial charge in [-0.25, -0.2) is 8.42 Å². The number of alkyl halides is 3. The lowest BCUT2D eigenvalue weighted by Crippen LogP contribution is -2.21. The second kappa shape index (κ2) is 5.70. The molecule has 0 aliphatic heterocycles. The number of sulfonamides is 1. The van der Waals surface area contributed by atoms with Crippen LogP contribution in [-0.4, -0.2) is 20.1 Å². The highest BCUT2D eigenvalue weighted by Crippen LogP contribution is 2.32. The van der Waals surface area contributed by atoms with Crippen molar-refractivity contribution in [2.75, 3.05) is 10.5 Å².